The van der Waals surface area contributed by atoms with Gasteiger partial charge in [0.1, 0.15) is 84.4 Å². The quantitative estimate of drug-likeness (QED) is 0.102. The van der Waals surface area contributed by atoms with Gasteiger partial charge in [0, 0.05) is 17.7 Å². The smallest absolute Gasteiger partial charge is 0.261 e. The lowest BCUT2D eigenvalue weighted by Gasteiger charge is -2.42. The van der Waals surface area contributed by atoms with Crippen LogP contribution in [0.1, 0.15) is 12.5 Å². The van der Waals surface area contributed by atoms with Gasteiger partial charge in [-0.2, -0.15) is 0 Å². The molecule has 0 unspecified atom stereocenters. The van der Waals surface area contributed by atoms with E-state index in [1.807, 2.05) is 0 Å². The molecule has 4 aliphatic heterocycles. The van der Waals surface area contributed by atoms with Gasteiger partial charge >= 0.3 is 0 Å². The van der Waals surface area contributed by atoms with Crippen molar-refractivity contribution in [3.05, 3.63) is 58.5 Å². The van der Waals surface area contributed by atoms with Gasteiger partial charge in [-0.05, 0) is 25.2 Å². The highest BCUT2D eigenvalue weighted by molar-refractivity contribution is 6.07. The molecule has 0 amide bonds. The molecule has 21 nitrogen and oxygen atoms in total. The topological polar surface area (TPSA) is 312 Å². The van der Waals surface area contributed by atoms with Crippen LogP contribution in [0.3, 0.4) is 0 Å². The van der Waals surface area contributed by atoms with Gasteiger partial charge in [0.05, 0.1) is 46.2 Å². The second-order valence-corrected chi connectivity index (χ2v) is 13.6. The standard InChI is InChI=1S/C36H46O21/c1-12-23(38)27(42)30(45)34(52-12)51-11-22-26(41)29(44)32(47)36(57-22)55-20-9-15-16(53-33(20)13-5-18(49-3)24(39)19(6-13)50-4)7-14(48-2)8-17(15)54-35-31(46)28(43)25(40)21(10-37)56-35/h5-9,12,21-23,25-32,34-38,40-47H,10-11H2,1-4H3/t12-,21+,22+,23-,25-,26-,27+,28-,29-,30+,31+,32+,34+,35+,36+/m0/s1. The molecule has 0 bridgehead atoms. The Labute approximate surface area is 324 Å². The van der Waals surface area contributed by atoms with Crippen LogP contribution in [0.15, 0.2) is 52.9 Å². The summed E-state index contributed by atoms with van der Waals surface area (Å²) in [7, 11) is 3.85. The number of rotatable bonds is 11. The minimum Gasteiger partial charge on any atom is -0.496 e. The Morgan fingerprint density at radius 1 is 0.614 bits per heavy atom. The second kappa shape index (κ2) is 17.5. The lowest BCUT2D eigenvalue weighted by Crippen LogP contribution is -2.61. The first-order chi connectivity index (χ1) is 27.1. The van der Waals surface area contributed by atoms with Crippen LogP contribution >= 0.6 is 0 Å². The number of aliphatic hydroxyl groups excluding tert-OH is 10. The molecule has 15 atom stereocenters. The molecule has 6 rings (SSSR count). The normalized spacial score (nSPS) is 38.2. The van der Waals surface area contributed by atoms with Gasteiger partial charge in [-0.15, -0.1) is 0 Å². The number of carbonyl (C=O) groups excluding carboxylic acids is 1. The van der Waals surface area contributed by atoms with Crippen LogP contribution in [0.5, 0.6) is 17.2 Å². The molecule has 10 N–H and O–H groups in total. The van der Waals surface area contributed by atoms with E-state index < -0.39 is 111 Å². The number of carbonyl (C=O) groups is 1. The highest BCUT2D eigenvalue weighted by atomic mass is 16.7. The van der Waals surface area contributed by atoms with Gasteiger partial charge in [0.2, 0.25) is 12.6 Å². The van der Waals surface area contributed by atoms with Gasteiger partial charge < -0.3 is 98.4 Å². The van der Waals surface area contributed by atoms with E-state index in [1.165, 1.54) is 58.6 Å². The zero-order valence-electron chi connectivity index (χ0n) is 30.9. The van der Waals surface area contributed by atoms with Crippen LogP contribution in [0.4, 0.5) is 0 Å². The Bertz CT molecular complexity index is 1730. The van der Waals surface area contributed by atoms with Crippen molar-refractivity contribution in [3.8, 4) is 17.2 Å². The molecule has 0 aromatic heterocycles. The van der Waals surface area contributed by atoms with Crippen LogP contribution < -0.4 is 14.2 Å². The predicted molar refractivity (Wildman–Crippen MR) is 184 cm³/mol. The van der Waals surface area contributed by atoms with Gasteiger partial charge in [0.15, 0.2) is 29.3 Å². The lowest BCUT2D eigenvalue weighted by molar-refractivity contribution is -0.323. The average Bonchev–Trinajstić information content (AvgIpc) is 3.21. The molecule has 1 aromatic carbocycles. The van der Waals surface area contributed by atoms with Crippen LogP contribution in [0.25, 0.3) is 6.08 Å². The van der Waals surface area contributed by atoms with Crippen LogP contribution in [-0.4, -0.2) is 184 Å². The number of hydrogen-bond acceptors (Lipinski definition) is 21. The third-order valence-electron chi connectivity index (χ3n) is 9.98. The summed E-state index contributed by atoms with van der Waals surface area (Å²) in [5.74, 6) is -1.24. The molecular weight excluding hydrogens is 768 g/mol. The highest BCUT2D eigenvalue weighted by Crippen LogP contribution is 2.44. The average molecular weight is 815 g/mol. The van der Waals surface area contributed by atoms with E-state index in [9.17, 15) is 55.9 Å². The summed E-state index contributed by atoms with van der Waals surface area (Å²) in [4.78, 5) is 12.9. The molecular formula is C36H46O21. The Balaban J connectivity index is 1.38. The van der Waals surface area contributed by atoms with E-state index in [4.69, 9.17) is 47.4 Å². The third kappa shape index (κ3) is 8.35. The Hall–Kier alpha value is -3.91. The summed E-state index contributed by atoms with van der Waals surface area (Å²) in [5.41, 5.74) is 0.207. The molecule has 4 heterocycles. The number of ketones is 1. The second-order valence-electron chi connectivity index (χ2n) is 13.6. The van der Waals surface area contributed by atoms with E-state index in [0.29, 0.717) is 0 Å². The van der Waals surface area contributed by atoms with Gasteiger partial charge in [-0.25, -0.2) is 0 Å². The zero-order valence-corrected chi connectivity index (χ0v) is 30.9. The first-order valence-corrected chi connectivity index (χ1v) is 17.7. The fraction of sp³-hybridized carbons (Fsp3) is 0.583. The lowest BCUT2D eigenvalue weighted by atomic mass is 9.98. The van der Waals surface area contributed by atoms with Crippen molar-refractivity contribution >= 4 is 11.9 Å². The summed E-state index contributed by atoms with van der Waals surface area (Å²) < 4.78 is 56.8. The minimum absolute atomic E-state index is 0.0276. The summed E-state index contributed by atoms with van der Waals surface area (Å²) in [6.07, 6.45) is -20.3. The van der Waals surface area contributed by atoms with E-state index in [-0.39, 0.29) is 51.4 Å². The van der Waals surface area contributed by atoms with E-state index in [0.717, 1.165) is 0 Å². The van der Waals surface area contributed by atoms with Crippen LogP contribution in [-0.2, 0) is 38.0 Å². The number of ether oxygens (including phenoxy) is 10. The van der Waals surface area contributed by atoms with Crippen molar-refractivity contribution in [2.24, 2.45) is 0 Å². The number of benzene rings is 1. The van der Waals surface area contributed by atoms with Gasteiger partial charge in [-0.3, -0.25) is 4.79 Å². The van der Waals surface area contributed by atoms with E-state index in [1.54, 1.807) is 0 Å². The number of aliphatic hydroxyl groups is 10. The Morgan fingerprint density at radius 3 is 1.77 bits per heavy atom. The first kappa shape index (κ1) is 42.7. The Kier molecular flexibility index (Phi) is 13.1. The van der Waals surface area contributed by atoms with Gasteiger partial charge in [-0.1, -0.05) is 0 Å². The predicted octanol–water partition coefficient (Wildman–Crippen LogP) is -3.83. The number of allylic oxidation sites excluding steroid dienone is 3. The number of fused-ring (bicyclic) bond motifs is 1. The maximum atomic E-state index is 12.9. The largest absolute Gasteiger partial charge is 0.496 e. The van der Waals surface area contributed by atoms with Gasteiger partial charge in [0.25, 0.3) is 5.78 Å². The molecule has 0 spiro atoms. The first-order valence-electron chi connectivity index (χ1n) is 17.7. The van der Waals surface area contributed by atoms with Crippen LogP contribution in [0.2, 0.25) is 0 Å². The fourth-order valence-electron chi connectivity index (χ4n) is 6.58. The zero-order chi connectivity index (χ0) is 41.5. The molecule has 57 heavy (non-hydrogen) atoms. The summed E-state index contributed by atoms with van der Waals surface area (Å²) in [6, 6.07) is 2.80. The van der Waals surface area contributed by atoms with Crippen molar-refractivity contribution in [2.75, 3.05) is 34.5 Å². The molecule has 1 aliphatic carbocycles. The molecule has 21 heteroatoms. The fourth-order valence-corrected chi connectivity index (χ4v) is 6.58. The highest BCUT2D eigenvalue weighted by Gasteiger charge is 2.49. The molecule has 3 fully saturated rings. The number of methoxy groups -OCH3 is 3. The molecule has 0 radical (unpaired) electrons. The maximum absolute atomic E-state index is 12.9. The van der Waals surface area contributed by atoms with E-state index in [2.05, 4.69) is 0 Å². The van der Waals surface area contributed by atoms with Crippen LogP contribution in [0, 0.1) is 0 Å². The molecule has 3 saturated heterocycles. The van der Waals surface area contributed by atoms with Crippen molar-refractivity contribution in [1.29, 1.82) is 0 Å². The molecule has 0 saturated carbocycles. The number of Topliss-reactive ketones (excluding diaryl/α,β-unsaturated/α-hetero) is 1. The summed E-state index contributed by atoms with van der Waals surface area (Å²) in [5, 5.41) is 105. The third-order valence-corrected chi connectivity index (χ3v) is 9.98. The number of hydrogen-bond donors (Lipinski definition) is 10. The summed E-state index contributed by atoms with van der Waals surface area (Å²) >= 11 is 0. The van der Waals surface area contributed by atoms with Crippen molar-refractivity contribution in [1.82, 2.24) is 0 Å². The summed E-state index contributed by atoms with van der Waals surface area (Å²) in [6.45, 7) is 0.113. The van der Waals surface area contributed by atoms with Crippen molar-refractivity contribution in [2.45, 2.75) is 99.0 Å². The Morgan fingerprint density at radius 2 is 1.18 bits per heavy atom. The SMILES string of the molecule is COC1=CC(=C2Oc3cc(OC)cc(O[C@@H]4O[C@H](CO)[C@H](O)[C@H](O)[C@H]4O)c3C=C2O[C@@H]2O[C@H](CO[C@@H]3O[C@@H](C)[C@H](O)[C@@H](O)[C@H]3O)[C@H](O)[C@H](O)[C@H]2O)C=C(OC)C1=O. The minimum atomic E-state index is -1.93. The molecule has 1 aromatic rings. The van der Waals surface area contributed by atoms with Crippen molar-refractivity contribution < 1.29 is 103 Å². The monoisotopic (exact) mass is 814 g/mol. The van der Waals surface area contributed by atoms with E-state index >= 15 is 0 Å². The van der Waals surface area contributed by atoms with Crippen molar-refractivity contribution in [3.63, 3.8) is 0 Å². The maximum Gasteiger partial charge on any atom is 0.261 e. The molecule has 5 aliphatic rings. The molecule has 316 valence electrons.